The molecule has 0 atom stereocenters. The van der Waals surface area contributed by atoms with Gasteiger partial charge >= 0.3 is 0 Å². The predicted octanol–water partition coefficient (Wildman–Crippen LogP) is 4.49. The number of carbonyl (C=O) groups is 2. The van der Waals surface area contributed by atoms with E-state index >= 15 is 0 Å². The number of halogens is 2. The highest BCUT2D eigenvalue weighted by atomic mass is 32.1. The van der Waals surface area contributed by atoms with E-state index in [1.807, 2.05) is 13.0 Å². The average molecular weight is 484 g/mol. The van der Waals surface area contributed by atoms with Gasteiger partial charge in [-0.1, -0.05) is 35.5 Å². The molecule has 0 unspecified atom stereocenters. The Balaban J connectivity index is 1.63. The Hall–Kier alpha value is -4.19. The fourth-order valence-electron chi connectivity index (χ4n) is 3.06. The molecular weight excluding hydrogens is 466 g/mol. The molecule has 9 nitrogen and oxygen atoms in total. The third-order valence-electron chi connectivity index (χ3n) is 4.70. The zero-order valence-corrected chi connectivity index (χ0v) is 18.8. The van der Waals surface area contributed by atoms with Crippen LogP contribution in [0.2, 0.25) is 0 Å². The summed E-state index contributed by atoms with van der Waals surface area (Å²) in [4.78, 5) is 32.2. The number of nitrogen functional groups attached to an aromatic ring is 1. The molecule has 0 bridgehead atoms. The molecule has 34 heavy (non-hydrogen) atoms. The van der Waals surface area contributed by atoms with Gasteiger partial charge in [-0.3, -0.25) is 9.59 Å². The maximum atomic E-state index is 14.6. The van der Waals surface area contributed by atoms with E-state index in [2.05, 4.69) is 25.8 Å². The lowest BCUT2D eigenvalue weighted by atomic mass is 10.1. The number of benzene rings is 2. The second-order valence-electron chi connectivity index (χ2n) is 7.16. The number of hydrogen-bond acceptors (Lipinski definition) is 8. The molecule has 0 aliphatic rings. The summed E-state index contributed by atoms with van der Waals surface area (Å²) in [7, 11) is 0. The molecule has 0 fully saturated rings. The Morgan fingerprint density at radius 3 is 2.65 bits per heavy atom. The SMILES string of the molecule is CCc1cccc(C(=O)Nc2cc(-c3noc(-c4sc(NC(C)=O)nc4N)n3)c(F)cc2F)c1. The maximum Gasteiger partial charge on any atom is 0.272 e. The van der Waals surface area contributed by atoms with Gasteiger partial charge in [0.2, 0.25) is 11.7 Å². The number of nitrogens with one attached hydrogen (secondary N) is 2. The summed E-state index contributed by atoms with van der Waals surface area (Å²) in [5.74, 6) is -3.02. The highest BCUT2D eigenvalue weighted by molar-refractivity contribution is 7.19. The molecule has 0 aliphatic carbocycles. The van der Waals surface area contributed by atoms with Crippen molar-refractivity contribution in [2.24, 2.45) is 0 Å². The molecule has 0 aliphatic heterocycles. The Morgan fingerprint density at radius 1 is 1.12 bits per heavy atom. The maximum absolute atomic E-state index is 14.6. The third-order valence-corrected chi connectivity index (χ3v) is 5.67. The first-order valence-electron chi connectivity index (χ1n) is 10.0. The summed E-state index contributed by atoms with van der Waals surface area (Å²) >= 11 is 0.993. The van der Waals surface area contributed by atoms with Gasteiger partial charge in [0.05, 0.1) is 11.3 Å². The molecule has 4 N–H and O–H groups in total. The lowest BCUT2D eigenvalue weighted by Gasteiger charge is -2.09. The average Bonchev–Trinajstić information content (AvgIpc) is 3.41. The van der Waals surface area contributed by atoms with Crippen LogP contribution in [-0.2, 0) is 11.2 Å². The first kappa shape index (κ1) is 23.0. The number of rotatable bonds is 6. The number of aromatic nitrogens is 3. The van der Waals surface area contributed by atoms with E-state index in [9.17, 15) is 18.4 Å². The van der Waals surface area contributed by atoms with Crippen molar-refractivity contribution < 1.29 is 22.9 Å². The van der Waals surface area contributed by atoms with Crippen LogP contribution in [0.1, 0.15) is 29.8 Å². The smallest absolute Gasteiger partial charge is 0.272 e. The third kappa shape index (κ3) is 4.76. The molecule has 2 heterocycles. The van der Waals surface area contributed by atoms with Crippen LogP contribution in [0.15, 0.2) is 40.9 Å². The largest absolute Gasteiger partial charge is 0.382 e. The van der Waals surface area contributed by atoms with Crippen LogP contribution in [0.3, 0.4) is 0 Å². The molecule has 4 rings (SSSR count). The Labute approximate surface area is 196 Å². The molecule has 2 amide bonds. The van der Waals surface area contributed by atoms with Gasteiger partial charge in [0.1, 0.15) is 22.3 Å². The van der Waals surface area contributed by atoms with Gasteiger partial charge < -0.3 is 20.9 Å². The summed E-state index contributed by atoms with van der Waals surface area (Å²) in [6.45, 7) is 3.26. The zero-order valence-electron chi connectivity index (χ0n) is 18.0. The van der Waals surface area contributed by atoms with Crippen LogP contribution in [0.25, 0.3) is 22.2 Å². The molecule has 12 heteroatoms. The summed E-state index contributed by atoms with van der Waals surface area (Å²) in [5.41, 5.74) is 6.68. The van der Waals surface area contributed by atoms with E-state index in [0.29, 0.717) is 11.6 Å². The minimum absolute atomic E-state index is 0.0331. The quantitative estimate of drug-likeness (QED) is 0.367. The van der Waals surface area contributed by atoms with Gasteiger partial charge in [-0.25, -0.2) is 13.8 Å². The van der Waals surface area contributed by atoms with Gasteiger partial charge in [0.15, 0.2) is 5.13 Å². The van der Waals surface area contributed by atoms with Crippen LogP contribution in [0, 0.1) is 11.6 Å². The van der Waals surface area contributed by atoms with Gasteiger partial charge in [-0.05, 0) is 30.2 Å². The van der Waals surface area contributed by atoms with Crippen LogP contribution in [0.5, 0.6) is 0 Å². The van der Waals surface area contributed by atoms with Crippen molar-refractivity contribution in [2.45, 2.75) is 20.3 Å². The lowest BCUT2D eigenvalue weighted by Crippen LogP contribution is -2.13. The molecule has 0 radical (unpaired) electrons. The van der Waals surface area contributed by atoms with E-state index < -0.39 is 17.5 Å². The number of carbonyl (C=O) groups excluding carboxylic acids is 2. The topological polar surface area (TPSA) is 136 Å². The van der Waals surface area contributed by atoms with Gasteiger partial charge in [0, 0.05) is 18.6 Å². The monoisotopic (exact) mass is 484 g/mol. The summed E-state index contributed by atoms with van der Waals surface area (Å²) in [5, 5.41) is 8.91. The fourth-order valence-corrected chi connectivity index (χ4v) is 3.91. The van der Waals surface area contributed by atoms with Crippen LogP contribution < -0.4 is 16.4 Å². The van der Waals surface area contributed by atoms with Crippen molar-refractivity contribution in [3.05, 3.63) is 59.2 Å². The van der Waals surface area contributed by atoms with Crippen molar-refractivity contribution in [1.29, 1.82) is 0 Å². The lowest BCUT2D eigenvalue weighted by molar-refractivity contribution is -0.114. The van der Waals surface area contributed by atoms with E-state index in [4.69, 9.17) is 10.3 Å². The molecule has 0 spiro atoms. The van der Waals surface area contributed by atoms with Crippen LogP contribution in [-0.4, -0.2) is 26.9 Å². The van der Waals surface area contributed by atoms with Crippen molar-refractivity contribution in [1.82, 2.24) is 15.1 Å². The number of thiazole rings is 1. The Morgan fingerprint density at radius 2 is 1.91 bits per heavy atom. The fraction of sp³-hybridized carbons (Fsp3) is 0.136. The molecule has 2 aromatic heterocycles. The second kappa shape index (κ2) is 9.35. The molecule has 0 saturated heterocycles. The first-order chi connectivity index (χ1) is 16.2. The normalized spacial score (nSPS) is 10.8. The van der Waals surface area contributed by atoms with E-state index in [1.54, 1.807) is 18.2 Å². The number of aryl methyl sites for hydroxylation is 1. The Kier molecular flexibility index (Phi) is 6.32. The molecule has 2 aromatic carbocycles. The number of hydrogen-bond donors (Lipinski definition) is 3. The summed E-state index contributed by atoms with van der Waals surface area (Å²) in [6.07, 6.45) is 0.729. The number of amides is 2. The molecular formula is C22H18F2N6O3S. The molecule has 0 saturated carbocycles. The predicted molar refractivity (Wildman–Crippen MR) is 123 cm³/mol. The van der Waals surface area contributed by atoms with Crippen molar-refractivity contribution in [3.63, 3.8) is 0 Å². The minimum atomic E-state index is -0.961. The number of nitrogens with two attached hydrogens (primary N) is 1. The molecule has 174 valence electrons. The van der Waals surface area contributed by atoms with Gasteiger partial charge in [0.25, 0.3) is 11.8 Å². The molecule has 4 aromatic rings. The summed E-state index contributed by atoms with van der Waals surface area (Å²) in [6, 6.07) is 8.59. The number of nitrogens with zero attached hydrogens (tertiary/aromatic N) is 3. The summed E-state index contributed by atoms with van der Waals surface area (Å²) < 4.78 is 34.2. The van der Waals surface area contributed by atoms with E-state index in [0.717, 1.165) is 29.4 Å². The minimum Gasteiger partial charge on any atom is -0.382 e. The number of anilines is 3. The van der Waals surface area contributed by atoms with Gasteiger partial charge in [-0.2, -0.15) is 4.98 Å². The standard InChI is InChI=1S/C22H18F2N6O3S/c1-3-11-5-4-6-12(7-11)20(32)27-16-8-13(14(23)9-15(16)24)19-29-21(33-30-19)17-18(25)28-22(34-17)26-10(2)31/h4-9H,3,25H2,1-2H3,(H,27,32)(H,26,28,31). The van der Waals surface area contributed by atoms with E-state index in [-0.39, 0.29) is 44.7 Å². The van der Waals surface area contributed by atoms with Gasteiger partial charge in [-0.15, -0.1) is 0 Å². The van der Waals surface area contributed by atoms with Crippen molar-refractivity contribution in [2.75, 3.05) is 16.4 Å². The van der Waals surface area contributed by atoms with Crippen LogP contribution >= 0.6 is 11.3 Å². The van der Waals surface area contributed by atoms with Crippen molar-refractivity contribution in [3.8, 4) is 22.2 Å². The van der Waals surface area contributed by atoms with E-state index in [1.165, 1.54) is 6.92 Å². The highest BCUT2D eigenvalue weighted by Crippen LogP contribution is 2.35. The highest BCUT2D eigenvalue weighted by Gasteiger charge is 2.22. The Bertz CT molecular complexity index is 1400. The second-order valence-corrected chi connectivity index (χ2v) is 8.16. The van der Waals surface area contributed by atoms with Crippen molar-refractivity contribution >= 4 is 39.8 Å². The first-order valence-corrected chi connectivity index (χ1v) is 10.8. The zero-order chi connectivity index (χ0) is 24.4. The van der Waals surface area contributed by atoms with Crippen LogP contribution in [0.4, 0.5) is 25.4 Å².